The highest BCUT2D eigenvalue weighted by atomic mass is 15.0. The van der Waals surface area contributed by atoms with Gasteiger partial charge >= 0.3 is 0 Å². The van der Waals surface area contributed by atoms with E-state index >= 15 is 0 Å². The molecule has 1 aromatic rings. The second-order valence-corrected chi connectivity index (χ2v) is 4.51. The first-order valence-corrected chi connectivity index (χ1v) is 6.55. The van der Waals surface area contributed by atoms with Crippen LogP contribution in [0, 0.1) is 5.92 Å². The lowest BCUT2D eigenvalue weighted by atomic mass is 10.0. The number of aliphatic imine (C=N–C) groups is 1. The third-order valence-electron chi connectivity index (χ3n) is 3.23. The zero-order valence-electron chi connectivity index (χ0n) is 11.4. The summed E-state index contributed by atoms with van der Waals surface area (Å²) in [6.07, 6.45) is 1.18. The zero-order valence-corrected chi connectivity index (χ0v) is 11.4. The summed E-state index contributed by atoms with van der Waals surface area (Å²) in [6, 6.07) is 10.8. The number of amidine groups is 1. The fraction of sp³-hybridized carbons (Fsp3) is 0.533. The van der Waals surface area contributed by atoms with Gasteiger partial charge in [0.25, 0.3) is 0 Å². The molecule has 2 heteroatoms. The normalized spacial score (nSPS) is 15.4. The van der Waals surface area contributed by atoms with E-state index in [0.717, 1.165) is 12.4 Å². The van der Waals surface area contributed by atoms with E-state index in [1.54, 1.807) is 0 Å². The predicted octanol–water partition coefficient (Wildman–Crippen LogP) is 3.48. The van der Waals surface area contributed by atoms with Gasteiger partial charge in [0.15, 0.2) is 0 Å². The molecular formula is C15H24N2. The molecule has 0 saturated heterocycles. The van der Waals surface area contributed by atoms with Crippen molar-refractivity contribution in [1.29, 1.82) is 0 Å². The van der Waals surface area contributed by atoms with E-state index in [0.29, 0.717) is 12.0 Å². The minimum Gasteiger partial charge on any atom is -0.367 e. The molecule has 0 amide bonds. The minimum absolute atomic E-state index is 0.450. The van der Waals surface area contributed by atoms with Crippen molar-refractivity contribution in [3.63, 3.8) is 0 Å². The molecule has 2 nitrogen and oxygen atoms in total. The summed E-state index contributed by atoms with van der Waals surface area (Å²) < 4.78 is 0. The molecule has 2 atom stereocenters. The summed E-state index contributed by atoms with van der Waals surface area (Å²) in [6.45, 7) is 9.60. The molecular weight excluding hydrogens is 208 g/mol. The van der Waals surface area contributed by atoms with Crippen LogP contribution in [0.15, 0.2) is 35.3 Å². The molecule has 1 aromatic carbocycles. The Labute approximate surface area is 105 Å². The first kappa shape index (κ1) is 13.8. The highest BCUT2D eigenvalue weighted by Crippen LogP contribution is 2.08. The monoisotopic (exact) mass is 232 g/mol. The maximum Gasteiger partial charge on any atom is 0.128 e. The van der Waals surface area contributed by atoms with Gasteiger partial charge in [0.2, 0.25) is 0 Å². The van der Waals surface area contributed by atoms with Crippen molar-refractivity contribution < 1.29 is 0 Å². The largest absolute Gasteiger partial charge is 0.367 e. The lowest BCUT2D eigenvalue weighted by Crippen LogP contribution is -2.37. The molecule has 0 aromatic heterocycles. The van der Waals surface area contributed by atoms with E-state index in [-0.39, 0.29) is 0 Å². The van der Waals surface area contributed by atoms with E-state index in [1.165, 1.54) is 12.0 Å². The van der Waals surface area contributed by atoms with E-state index in [9.17, 15) is 0 Å². The fourth-order valence-electron chi connectivity index (χ4n) is 1.69. The lowest BCUT2D eigenvalue weighted by Gasteiger charge is -2.22. The summed E-state index contributed by atoms with van der Waals surface area (Å²) in [5.74, 6) is 1.67. The van der Waals surface area contributed by atoms with Crippen LogP contribution < -0.4 is 5.32 Å². The maximum atomic E-state index is 4.56. The van der Waals surface area contributed by atoms with Crippen molar-refractivity contribution in [1.82, 2.24) is 5.32 Å². The number of rotatable bonds is 5. The molecule has 1 N–H and O–H groups in total. The van der Waals surface area contributed by atoms with Crippen molar-refractivity contribution in [3.05, 3.63) is 35.9 Å². The Hall–Kier alpha value is -1.31. The number of benzene rings is 1. The van der Waals surface area contributed by atoms with Gasteiger partial charge in [-0.15, -0.1) is 0 Å². The zero-order chi connectivity index (χ0) is 12.7. The van der Waals surface area contributed by atoms with Gasteiger partial charge in [0, 0.05) is 18.2 Å². The van der Waals surface area contributed by atoms with Crippen LogP contribution >= 0.6 is 0 Å². The maximum absolute atomic E-state index is 4.56. The molecule has 0 aliphatic heterocycles. The molecule has 0 aliphatic carbocycles. The first-order chi connectivity index (χ1) is 8.19. The SMILES string of the molecule is CCN=C(NC(C)[C@@H](C)CC)c1ccccc1. The van der Waals surface area contributed by atoms with E-state index in [2.05, 4.69) is 62.3 Å². The topological polar surface area (TPSA) is 24.4 Å². The van der Waals surface area contributed by atoms with Crippen LogP contribution in [0.3, 0.4) is 0 Å². The summed E-state index contributed by atoms with van der Waals surface area (Å²) in [4.78, 5) is 4.56. The van der Waals surface area contributed by atoms with Crippen LogP contribution in [0.5, 0.6) is 0 Å². The molecule has 0 heterocycles. The highest BCUT2D eigenvalue weighted by Gasteiger charge is 2.12. The standard InChI is InChI=1S/C15H24N2/c1-5-12(3)13(4)17-15(16-6-2)14-10-8-7-9-11-14/h7-13H,5-6H2,1-4H3,(H,16,17)/t12-,13?/m0/s1. The van der Waals surface area contributed by atoms with Gasteiger partial charge in [-0.25, -0.2) is 0 Å². The summed E-state index contributed by atoms with van der Waals surface area (Å²) in [7, 11) is 0. The Kier molecular flexibility index (Phi) is 5.75. The molecule has 0 aliphatic rings. The van der Waals surface area contributed by atoms with Crippen LogP contribution in [-0.2, 0) is 0 Å². The van der Waals surface area contributed by atoms with Gasteiger partial charge < -0.3 is 5.32 Å². The molecule has 0 saturated carbocycles. The molecule has 94 valence electrons. The van der Waals surface area contributed by atoms with E-state index in [4.69, 9.17) is 0 Å². The number of hydrogen-bond acceptors (Lipinski definition) is 1. The number of hydrogen-bond donors (Lipinski definition) is 1. The van der Waals surface area contributed by atoms with Gasteiger partial charge in [-0.2, -0.15) is 0 Å². The van der Waals surface area contributed by atoms with Gasteiger partial charge in [-0.1, -0.05) is 50.6 Å². The second-order valence-electron chi connectivity index (χ2n) is 4.51. The van der Waals surface area contributed by atoms with E-state index < -0.39 is 0 Å². The Morgan fingerprint density at radius 3 is 2.35 bits per heavy atom. The summed E-state index contributed by atoms with van der Waals surface area (Å²) >= 11 is 0. The van der Waals surface area contributed by atoms with Gasteiger partial charge in [0.05, 0.1) is 0 Å². The smallest absolute Gasteiger partial charge is 0.128 e. The Bertz CT molecular complexity index is 343. The van der Waals surface area contributed by atoms with Crippen molar-refractivity contribution >= 4 is 5.84 Å². The van der Waals surface area contributed by atoms with Gasteiger partial charge in [-0.05, 0) is 19.8 Å². The van der Waals surface area contributed by atoms with Crippen LogP contribution in [0.2, 0.25) is 0 Å². The molecule has 0 bridgehead atoms. The third-order valence-corrected chi connectivity index (χ3v) is 3.23. The van der Waals surface area contributed by atoms with Crippen LogP contribution in [0.4, 0.5) is 0 Å². The molecule has 0 radical (unpaired) electrons. The summed E-state index contributed by atoms with van der Waals surface area (Å²) in [5, 5.41) is 3.53. The predicted molar refractivity (Wildman–Crippen MR) is 75.6 cm³/mol. The minimum atomic E-state index is 0.450. The highest BCUT2D eigenvalue weighted by molar-refractivity contribution is 5.98. The molecule has 17 heavy (non-hydrogen) atoms. The van der Waals surface area contributed by atoms with Crippen molar-refractivity contribution in [3.8, 4) is 0 Å². The van der Waals surface area contributed by atoms with Crippen molar-refractivity contribution in [2.24, 2.45) is 10.9 Å². The number of nitrogens with one attached hydrogen (secondary N) is 1. The molecule has 1 unspecified atom stereocenters. The van der Waals surface area contributed by atoms with Gasteiger partial charge in [-0.3, -0.25) is 4.99 Å². The van der Waals surface area contributed by atoms with Crippen LogP contribution in [0.1, 0.15) is 39.7 Å². The Morgan fingerprint density at radius 1 is 1.18 bits per heavy atom. The second kappa shape index (κ2) is 7.10. The average Bonchev–Trinajstić information content (AvgIpc) is 2.38. The quantitative estimate of drug-likeness (QED) is 0.610. The van der Waals surface area contributed by atoms with Crippen molar-refractivity contribution in [2.75, 3.05) is 6.54 Å². The van der Waals surface area contributed by atoms with Crippen molar-refractivity contribution in [2.45, 2.75) is 40.2 Å². The van der Waals surface area contributed by atoms with Crippen LogP contribution in [-0.4, -0.2) is 18.4 Å². The Morgan fingerprint density at radius 2 is 1.82 bits per heavy atom. The Balaban J connectivity index is 2.78. The molecule has 0 spiro atoms. The average molecular weight is 232 g/mol. The molecule has 0 fully saturated rings. The first-order valence-electron chi connectivity index (χ1n) is 6.55. The fourth-order valence-corrected chi connectivity index (χ4v) is 1.69. The van der Waals surface area contributed by atoms with Gasteiger partial charge in [0.1, 0.15) is 5.84 Å². The third kappa shape index (κ3) is 4.22. The summed E-state index contributed by atoms with van der Waals surface area (Å²) in [5.41, 5.74) is 1.17. The molecule has 1 rings (SSSR count). The number of nitrogens with zero attached hydrogens (tertiary/aromatic N) is 1. The van der Waals surface area contributed by atoms with E-state index in [1.807, 2.05) is 6.07 Å². The van der Waals surface area contributed by atoms with Crippen LogP contribution in [0.25, 0.3) is 0 Å². The lowest BCUT2D eigenvalue weighted by molar-refractivity contribution is 0.437.